The number of carbonyl (C=O) groups is 1. The molecule has 1 unspecified atom stereocenters. The van der Waals surface area contributed by atoms with Gasteiger partial charge in [0.1, 0.15) is 18.1 Å². The van der Waals surface area contributed by atoms with Crippen LogP contribution in [0.3, 0.4) is 0 Å². The van der Waals surface area contributed by atoms with Gasteiger partial charge in [-0.1, -0.05) is 17.7 Å². The van der Waals surface area contributed by atoms with Crippen LogP contribution >= 0.6 is 11.6 Å². The van der Waals surface area contributed by atoms with Crippen LogP contribution in [-0.2, 0) is 22.7 Å². The first-order chi connectivity index (χ1) is 12.0. The van der Waals surface area contributed by atoms with Gasteiger partial charge in [0.05, 0.1) is 19.2 Å². The summed E-state index contributed by atoms with van der Waals surface area (Å²) in [5.74, 6) is 0.201. The largest absolute Gasteiger partial charge is 0.467 e. The van der Waals surface area contributed by atoms with E-state index in [0.29, 0.717) is 23.9 Å². The highest BCUT2D eigenvalue weighted by atomic mass is 35.5. The molecule has 1 amide bonds. The van der Waals surface area contributed by atoms with E-state index in [9.17, 15) is 9.18 Å². The monoisotopic (exact) mass is 365 g/mol. The zero-order chi connectivity index (χ0) is 17.8. The molecule has 1 aliphatic heterocycles. The van der Waals surface area contributed by atoms with Crippen LogP contribution in [-0.4, -0.2) is 26.3 Å². The number of rotatable bonds is 5. The number of quaternary nitrogens is 1. The maximum absolute atomic E-state index is 13.2. The third-order valence-corrected chi connectivity index (χ3v) is 4.03. The lowest BCUT2D eigenvalue weighted by atomic mass is 10.1. The second-order valence-corrected chi connectivity index (χ2v) is 6.47. The molecule has 2 N–H and O–H groups in total. The summed E-state index contributed by atoms with van der Waals surface area (Å²) in [6, 6.07) is 9.50. The fourth-order valence-electron chi connectivity index (χ4n) is 2.82. The first-order valence-corrected chi connectivity index (χ1v) is 8.27. The minimum atomic E-state index is -0.386. The summed E-state index contributed by atoms with van der Waals surface area (Å²) in [6.07, 6.45) is 0. The van der Waals surface area contributed by atoms with Gasteiger partial charge in [0, 0.05) is 16.3 Å². The van der Waals surface area contributed by atoms with Crippen molar-refractivity contribution in [3.05, 3.63) is 58.4 Å². The maximum atomic E-state index is 13.2. The fourth-order valence-corrected chi connectivity index (χ4v) is 3.08. The topological polar surface area (TPSA) is 52.0 Å². The van der Waals surface area contributed by atoms with Gasteiger partial charge in [0.15, 0.2) is 13.3 Å². The molecular weight excluding hydrogens is 347 g/mol. The Morgan fingerprint density at radius 1 is 1.36 bits per heavy atom. The van der Waals surface area contributed by atoms with Gasteiger partial charge in [0.25, 0.3) is 5.91 Å². The van der Waals surface area contributed by atoms with Gasteiger partial charge in [-0.2, -0.15) is 0 Å². The van der Waals surface area contributed by atoms with Crippen molar-refractivity contribution in [3.8, 4) is 5.75 Å². The number of hydrogen-bond acceptors (Lipinski definition) is 3. The van der Waals surface area contributed by atoms with E-state index < -0.39 is 0 Å². The van der Waals surface area contributed by atoms with Crippen molar-refractivity contribution in [2.75, 3.05) is 25.7 Å². The Bertz CT molecular complexity index is 785. The first-order valence-electron chi connectivity index (χ1n) is 7.90. The van der Waals surface area contributed by atoms with Crippen LogP contribution in [0.15, 0.2) is 36.4 Å². The number of nitrogens with one attached hydrogen (secondary N) is 2. The molecule has 1 atom stereocenters. The van der Waals surface area contributed by atoms with Crippen molar-refractivity contribution >= 4 is 23.2 Å². The van der Waals surface area contributed by atoms with E-state index in [0.717, 1.165) is 21.8 Å². The number of amides is 1. The van der Waals surface area contributed by atoms with Gasteiger partial charge in [0.2, 0.25) is 0 Å². The molecule has 0 fully saturated rings. The highest BCUT2D eigenvalue weighted by Crippen LogP contribution is 2.31. The summed E-state index contributed by atoms with van der Waals surface area (Å²) in [5, 5.41) is 3.31. The van der Waals surface area contributed by atoms with Crippen molar-refractivity contribution in [1.82, 2.24) is 0 Å². The molecule has 2 aromatic rings. The minimum Gasteiger partial charge on any atom is -0.467 e. The van der Waals surface area contributed by atoms with E-state index in [1.165, 1.54) is 12.1 Å². The van der Waals surface area contributed by atoms with E-state index in [4.69, 9.17) is 21.1 Å². The quantitative estimate of drug-likeness (QED) is 0.852. The molecule has 0 bridgehead atoms. The van der Waals surface area contributed by atoms with Gasteiger partial charge >= 0.3 is 0 Å². The molecule has 2 aromatic carbocycles. The average molecular weight is 366 g/mol. The summed E-state index contributed by atoms with van der Waals surface area (Å²) in [5.41, 5.74) is 2.28. The first kappa shape index (κ1) is 17.7. The Morgan fingerprint density at radius 3 is 3.00 bits per heavy atom. The molecule has 25 heavy (non-hydrogen) atoms. The van der Waals surface area contributed by atoms with Gasteiger partial charge in [-0.05, 0) is 30.3 Å². The molecule has 5 nitrogen and oxygen atoms in total. The number of ether oxygens (including phenoxy) is 2. The number of fused-ring (bicyclic) bond motifs is 1. The van der Waals surface area contributed by atoms with Crippen LogP contribution in [0, 0.1) is 5.82 Å². The Balaban J connectivity index is 1.63. The average Bonchev–Trinajstić information content (AvgIpc) is 2.54. The van der Waals surface area contributed by atoms with E-state index in [-0.39, 0.29) is 25.1 Å². The molecule has 3 rings (SSSR count). The number of hydrogen-bond donors (Lipinski definition) is 2. The lowest BCUT2D eigenvalue weighted by Crippen LogP contribution is -3.08. The second kappa shape index (κ2) is 7.82. The molecule has 7 heteroatoms. The highest BCUT2D eigenvalue weighted by molar-refractivity contribution is 6.30. The normalized spacial score (nSPS) is 14.4. The van der Waals surface area contributed by atoms with Crippen LogP contribution in [0.4, 0.5) is 10.1 Å². The Morgan fingerprint density at radius 2 is 2.20 bits per heavy atom. The molecule has 0 saturated carbocycles. The van der Waals surface area contributed by atoms with E-state index in [1.807, 2.05) is 19.2 Å². The summed E-state index contributed by atoms with van der Waals surface area (Å²) in [4.78, 5) is 13.1. The van der Waals surface area contributed by atoms with E-state index in [2.05, 4.69) is 5.32 Å². The van der Waals surface area contributed by atoms with Crippen molar-refractivity contribution in [1.29, 1.82) is 0 Å². The van der Waals surface area contributed by atoms with Gasteiger partial charge < -0.3 is 19.7 Å². The minimum absolute atomic E-state index is 0.191. The van der Waals surface area contributed by atoms with Crippen molar-refractivity contribution < 1.29 is 23.6 Å². The Labute approximate surface area is 150 Å². The number of anilines is 1. The summed E-state index contributed by atoms with van der Waals surface area (Å²) >= 11 is 6.16. The number of likely N-dealkylation sites (N-methyl/N-ethyl adjacent to an activating group) is 1. The zero-order valence-corrected chi connectivity index (χ0v) is 14.5. The van der Waals surface area contributed by atoms with Crippen LogP contribution in [0.2, 0.25) is 5.02 Å². The maximum Gasteiger partial charge on any atom is 0.279 e. The molecule has 1 aliphatic rings. The smallest absolute Gasteiger partial charge is 0.279 e. The van der Waals surface area contributed by atoms with Crippen LogP contribution in [0.1, 0.15) is 11.1 Å². The molecule has 132 valence electrons. The fraction of sp³-hybridized carbons (Fsp3) is 0.278. The van der Waals surface area contributed by atoms with E-state index in [1.54, 1.807) is 12.1 Å². The second-order valence-electron chi connectivity index (χ2n) is 6.03. The van der Waals surface area contributed by atoms with Crippen LogP contribution in [0.25, 0.3) is 0 Å². The van der Waals surface area contributed by atoms with Crippen molar-refractivity contribution in [2.45, 2.75) is 13.2 Å². The summed E-state index contributed by atoms with van der Waals surface area (Å²) in [7, 11) is 1.90. The third-order valence-electron chi connectivity index (χ3n) is 3.81. The third kappa shape index (κ3) is 4.69. The molecule has 0 aromatic heterocycles. The lowest BCUT2D eigenvalue weighted by molar-refractivity contribution is -0.885. The van der Waals surface area contributed by atoms with Crippen molar-refractivity contribution in [3.63, 3.8) is 0 Å². The molecule has 1 heterocycles. The molecule has 0 spiro atoms. The number of carbonyl (C=O) groups excluding carboxylic acids is 1. The lowest BCUT2D eigenvalue weighted by Gasteiger charge is -2.22. The van der Waals surface area contributed by atoms with Gasteiger partial charge in [-0.15, -0.1) is 0 Å². The van der Waals surface area contributed by atoms with Crippen molar-refractivity contribution in [2.24, 2.45) is 0 Å². The predicted molar refractivity (Wildman–Crippen MR) is 92.2 cm³/mol. The molecule has 0 radical (unpaired) electrons. The number of benzene rings is 2. The SMILES string of the molecule is C[NH+](CC(=O)Nc1cccc(F)c1)Cc1cc(Cl)cc2c1OCOC2. The molecule has 0 aliphatic carbocycles. The van der Waals surface area contributed by atoms with Gasteiger partial charge in [-0.25, -0.2) is 4.39 Å². The number of halogens is 2. The van der Waals surface area contributed by atoms with Gasteiger partial charge in [-0.3, -0.25) is 4.79 Å². The molecule has 0 saturated heterocycles. The standard InChI is InChI=1S/C18H18ClFN2O3/c1-22(9-17(23)21-16-4-2-3-15(20)7-16)8-12-5-14(19)6-13-10-24-11-25-18(12)13/h2-7H,8-11H2,1H3,(H,21,23)/p+1. The Hall–Kier alpha value is -2.15. The summed E-state index contributed by atoms with van der Waals surface area (Å²) < 4.78 is 24.0. The van der Waals surface area contributed by atoms with E-state index >= 15 is 0 Å². The highest BCUT2D eigenvalue weighted by Gasteiger charge is 2.20. The Kier molecular flexibility index (Phi) is 5.53. The van der Waals surface area contributed by atoms with Crippen LogP contribution < -0.4 is 15.0 Å². The van der Waals surface area contributed by atoms with Crippen LogP contribution in [0.5, 0.6) is 5.75 Å². The molecular formula is C18H19ClFN2O3+. The predicted octanol–water partition coefficient (Wildman–Crippen LogP) is 2.00. The zero-order valence-electron chi connectivity index (χ0n) is 13.8. The summed E-state index contributed by atoms with van der Waals surface area (Å²) in [6.45, 7) is 1.47.